The Kier molecular flexibility index (Phi) is 5.57. The van der Waals surface area contributed by atoms with E-state index in [9.17, 15) is 0 Å². The molecule has 28 heavy (non-hydrogen) atoms. The summed E-state index contributed by atoms with van der Waals surface area (Å²) in [5.41, 5.74) is 7.34. The molecule has 2 saturated heterocycles. The quantitative estimate of drug-likeness (QED) is 0.861. The first kappa shape index (κ1) is 18.9. The van der Waals surface area contributed by atoms with Gasteiger partial charge in [-0.1, -0.05) is 6.92 Å². The van der Waals surface area contributed by atoms with Crippen molar-refractivity contribution in [2.45, 2.75) is 51.7 Å². The van der Waals surface area contributed by atoms with Crippen LogP contribution in [0.3, 0.4) is 0 Å². The van der Waals surface area contributed by atoms with Crippen molar-refractivity contribution < 1.29 is 4.74 Å². The zero-order valence-corrected chi connectivity index (χ0v) is 16.7. The molecule has 8 heteroatoms. The summed E-state index contributed by atoms with van der Waals surface area (Å²) in [6.45, 7) is 7.89. The number of nitrogens with two attached hydrogens (primary N) is 1. The van der Waals surface area contributed by atoms with Crippen molar-refractivity contribution in [1.29, 1.82) is 0 Å². The van der Waals surface area contributed by atoms with Crippen LogP contribution in [0, 0.1) is 0 Å². The van der Waals surface area contributed by atoms with E-state index < -0.39 is 0 Å². The van der Waals surface area contributed by atoms with Gasteiger partial charge in [-0.15, -0.1) is 0 Å². The summed E-state index contributed by atoms with van der Waals surface area (Å²) in [7, 11) is 0. The van der Waals surface area contributed by atoms with Gasteiger partial charge in [0.2, 0.25) is 11.9 Å². The second kappa shape index (κ2) is 8.26. The molecule has 2 aromatic rings. The van der Waals surface area contributed by atoms with Gasteiger partial charge in [-0.05, 0) is 32.6 Å². The van der Waals surface area contributed by atoms with Gasteiger partial charge in [0.1, 0.15) is 5.82 Å². The Balaban J connectivity index is 1.73. The van der Waals surface area contributed by atoms with Crippen molar-refractivity contribution in [1.82, 2.24) is 19.9 Å². The number of hydrogen-bond acceptors (Lipinski definition) is 8. The summed E-state index contributed by atoms with van der Waals surface area (Å²) < 4.78 is 5.94. The zero-order chi connectivity index (χ0) is 19.5. The molecule has 2 N–H and O–H groups in total. The second-order valence-corrected chi connectivity index (χ2v) is 7.65. The van der Waals surface area contributed by atoms with Crippen LogP contribution >= 0.6 is 0 Å². The molecule has 150 valence electrons. The number of ether oxygens (including phenoxy) is 1. The molecule has 0 unspecified atom stereocenters. The highest BCUT2D eigenvalue weighted by Gasteiger charge is 2.28. The summed E-state index contributed by atoms with van der Waals surface area (Å²) in [6.07, 6.45) is 8.31. The Morgan fingerprint density at radius 1 is 1.14 bits per heavy atom. The molecule has 2 fully saturated rings. The normalized spacial score (nSPS) is 23.1. The molecule has 0 spiro atoms. The Bertz CT molecular complexity index is 792. The summed E-state index contributed by atoms with van der Waals surface area (Å²) in [4.78, 5) is 22.7. The number of nitrogens with zero attached hydrogens (tertiary/aromatic N) is 6. The van der Waals surface area contributed by atoms with Gasteiger partial charge in [-0.2, -0.15) is 4.98 Å². The molecular formula is C20H29N7O. The van der Waals surface area contributed by atoms with E-state index in [0.29, 0.717) is 6.61 Å². The SMILES string of the molecule is CC[C@H]1CN(c2cc(-c3cnc(N)nc3)nc(N3CCCCC3)n2)[C@@H](C)CO1. The highest BCUT2D eigenvalue weighted by molar-refractivity contribution is 5.64. The standard InChI is InChI=1S/C20H29N7O/c1-3-16-12-27(14(2)13-28-16)18-9-17(15-10-22-19(21)23-11-15)24-20(25-18)26-7-5-4-6-8-26/h9-11,14,16H,3-8,12-13H2,1-2H3,(H2,21,22,23)/t14-,16-/m0/s1. The van der Waals surface area contributed by atoms with E-state index in [0.717, 1.165) is 49.1 Å². The van der Waals surface area contributed by atoms with E-state index in [1.807, 2.05) is 6.07 Å². The molecule has 0 bridgehead atoms. The van der Waals surface area contributed by atoms with E-state index >= 15 is 0 Å². The maximum Gasteiger partial charge on any atom is 0.227 e. The predicted octanol–water partition coefficient (Wildman–Crippen LogP) is 2.51. The second-order valence-electron chi connectivity index (χ2n) is 7.65. The van der Waals surface area contributed by atoms with Gasteiger partial charge in [0.05, 0.1) is 24.4 Å². The Hall–Kier alpha value is -2.48. The molecule has 4 heterocycles. The van der Waals surface area contributed by atoms with Crippen LogP contribution in [0.4, 0.5) is 17.7 Å². The van der Waals surface area contributed by atoms with Crippen molar-refractivity contribution in [3.63, 3.8) is 0 Å². The summed E-state index contributed by atoms with van der Waals surface area (Å²) in [5, 5.41) is 0. The first-order valence-corrected chi connectivity index (χ1v) is 10.2. The Labute approximate surface area is 166 Å². The average molecular weight is 384 g/mol. The molecule has 2 aliphatic rings. The predicted molar refractivity (Wildman–Crippen MR) is 110 cm³/mol. The number of rotatable bonds is 4. The molecule has 2 aromatic heterocycles. The van der Waals surface area contributed by atoms with E-state index in [1.165, 1.54) is 19.3 Å². The Morgan fingerprint density at radius 3 is 2.61 bits per heavy atom. The topological polar surface area (TPSA) is 93.3 Å². The molecule has 2 aliphatic heterocycles. The van der Waals surface area contributed by atoms with Gasteiger partial charge in [-0.3, -0.25) is 0 Å². The average Bonchev–Trinajstić information content (AvgIpc) is 2.75. The van der Waals surface area contributed by atoms with Crippen molar-refractivity contribution in [3.05, 3.63) is 18.5 Å². The lowest BCUT2D eigenvalue weighted by molar-refractivity contribution is 0.0204. The lowest BCUT2D eigenvalue weighted by Gasteiger charge is -2.39. The molecule has 0 radical (unpaired) electrons. The molecule has 4 rings (SSSR count). The fourth-order valence-electron chi connectivity index (χ4n) is 3.81. The minimum absolute atomic E-state index is 0.230. The van der Waals surface area contributed by atoms with Crippen molar-refractivity contribution in [3.8, 4) is 11.3 Å². The number of nitrogen functional groups attached to an aromatic ring is 1. The summed E-state index contributed by atoms with van der Waals surface area (Å²) >= 11 is 0. The zero-order valence-electron chi connectivity index (χ0n) is 16.7. The number of morpholine rings is 1. The monoisotopic (exact) mass is 383 g/mol. The number of piperidine rings is 1. The molecule has 0 amide bonds. The van der Waals surface area contributed by atoms with Crippen molar-refractivity contribution in [2.75, 3.05) is 41.8 Å². The third kappa shape index (κ3) is 4.01. The van der Waals surface area contributed by atoms with E-state index in [4.69, 9.17) is 20.4 Å². The lowest BCUT2D eigenvalue weighted by atomic mass is 10.1. The van der Waals surface area contributed by atoms with Gasteiger partial charge in [0, 0.05) is 43.7 Å². The fraction of sp³-hybridized carbons (Fsp3) is 0.600. The van der Waals surface area contributed by atoms with Crippen molar-refractivity contribution >= 4 is 17.7 Å². The first-order chi connectivity index (χ1) is 13.6. The Morgan fingerprint density at radius 2 is 1.89 bits per heavy atom. The highest BCUT2D eigenvalue weighted by atomic mass is 16.5. The maximum atomic E-state index is 5.94. The number of aromatic nitrogens is 4. The highest BCUT2D eigenvalue weighted by Crippen LogP contribution is 2.28. The van der Waals surface area contributed by atoms with E-state index in [1.54, 1.807) is 12.4 Å². The smallest absolute Gasteiger partial charge is 0.227 e. The van der Waals surface area contributed by atoms with Crippen LogP contribution in [0.5, 0.6) is 0 Å². The molecule has 2 atom stereocenters. The molecule has 0 aliphatic carbocycles. The molecule has 8 nitrogen and oxygen atoms in total. The van der Waals surface area contributed by atoms with Crippen LogP contribution in [-0.4, -0.2) is 58.3 Å². The molecule has 0 saturated carbocycles. The third-order valence-corrected chi connectivity index (χ3v) is 5.56. The minimum atomic E-state index is 0.230. The number of hydrogen-bond donors (Lipinski definition) is 1. The lowest BCUT2D eigenvalue weighted by Crippen LogP contribution is -2.48. The minimum Gasteiger partial charge on any atom is -0.374 e. The largest absolute Gasteiger partial charge is 0.374 e. The van der Waals surface area contributed by atoms with E-state index in [2.05, 4.69) is 33.6 Å². The van der Waals surface area contributed by atoms with Crippen LogP contribution in [0.2, 0.25) is 0 Å². The molecular weight excluding hydrogens is 354 g/mol. The maximum absolute atomic E-state index is 5.94. The van der Waals surface area contributed by atoms with Crippen molar-refractivity contribution in [2.24, 2.45) is 0 Å². The molecule has 0 aromatic carbocycles. The van der Waals surface area contributed by atoms with Crippen LogP contribution in [0.15, 0.2) is 18.5 Å². The van der Waals surface area contributed by atoms with Crippen LogP contribution in [-0.2, 0) is 4.74 Å². The van der Waals surface area contributed by atoms with Crippen LogP contribution in [0.25, 0.3) is 11.3 Å². The van der Waals surface area contributed by atoms with Gasteiger partial charge in [0.25, 0.3) is 0 Å². The number of anilines is 3. The van der Waals surface area contributed by atoms with Gasteiger partial charge in [0.15, 0.2) is 0 Å². The van der Waals surface area contributed by atoms with Gasteiger partial charge in [-0.25, -0.2) is 15.0 Å². The first-order valence-electron chi connectivity index (χ1n) is 10.2. The summed E-state index contributed by atoms with van der Waals surface area (Å²) in [6, 6.07) is 2.30. The van der Waals surface area contributed by atoms with Crippen LogP contribution in [0.1, 0.15) is 39.5 Å². The van der Waals surface area contributed by atoms with Gasteiger partial charge < -0.3 is 20.3 Å². The van der Waals surface area contributed by atoms with E-state index in [-0.39, 0.29) is 18.1 Å². The fourth-order valence-corrected chi connectivity index (χ4v) is 3.81. The summed E-state index contributed by atoms with van der Waals surface area (Å²) in [5.74, 6) is 1.99. The van der Waals surface area contributed by atoms with Gasteiger partial charge >= 0.3 is 0 Å². The third-order valence-electron chi connectivity index (χ3n) is 5.56. The van der Waals surface area contributed by atoms with Crippen LogP contribution < -0.4 is 15.5 Å².